The Morgan fingerprint density at radius 1 is 0.356 bits per heavy atom. The van der Waals surface area contributed by atoms with Crippen molar-refractivity contribution in [2.75, 3.05) is 0 Å². The van der Waals surface area contributed by atoms with Crippen molar-refractivity contribution in [1.29, 1.82) is 0 Å². The molecule has 2 aromatic rings. The van der Waals surface area contributed by atoms with Gasteiger partial charge in [0.15, 0.2) is 12.4 Å². The van der Waals surface area contributed by atoms with Gasteiger partial charge in [-0.1, -0.05) is 198 Å². The molecular formula is C44H76N+. The lowest BCUT2D eigenvalue weighted by Crippen LogP contribution is -2.34. The van der Waals surface area contributed by atoms with E-state index in [9.17, 15) is 0 Å². The van der Waals surface area contributed by atoms with Gasteiger partial charge in [-0.2, -0.15) is 0 Å². The first-order valence-corrected chi connectivity index (χ1v) is 20.4. The van der Waals surface area contributed by atoms with E-state index in [4.69, 9.17) is 0 Å². The summed E-state index contributed by atoms with van der Waals surface area (Å²) in [7, 11) is 0. The Morgan fingerprint density at radius 3 is 1.07 bits per heavy atom. The van der Waals surface area contributed by atoms with Crippen LogP contribution in [-0.4, -0.2) is 0 Å². The van der Waals surface area contributed by atoms with Crippen LogP contribution in [0.25, 0.3) is 0 Å². The fourth-order valence-electron chi connectivity index (χ4n) is 6.98. The van der Waals surface area contributed by atoms with Crippen LogP contribution in [0.5, 0.6) is 0 Å². The van der Waals surface area contributed by atoms with E-state index in [1.807, 2.05) is 0 Å². The van der Waals surface area contributed by atoms with Gasteiger partial charge in [0, 0.05) is 17.5 Å². The SMILES string of the molecule is CCCCCCCCCCCCCCCc1cc(CCCCCCCCCCCCCCC)c[n+](CCCc2ccccc2)c1. The maximum absolute atomic E-state index is 2.55. The Labute approximate surface area is 282 Å². The summed E-state index contributed by atoms with van der Waals surface area (Å²) < 4.78 is 2.53. The lowest BCUT2D eigenvalue weighted by molar-refractivity contribution is -0.698. The van der Waals surface area contributed by atoms with Crippen molar-refractivity contribution >= 4 is 0 Å². The van der Waals surface area contributed by atoms with Crippen molar-refractivity contribution < 1.29 is 4.57 Å². The lowest BCUT2D eigenvalue weighted by Gasteiger charge is -2.07. The van der Waals surface area contributed by atoms with Crippen LogP contribution in [0, 0.1) is 0 Å². The molecule has 45 heavy (non-hydrogen) atoms. The highest BCUT2D eigenvalue weighted by Gasteiger charge is 2.09. The Hall–Kier alpha value is -1.63. The number of aromatic nitrogens is 1. The number of aryl methyl sites for hydroxylation is 4. The topological polar surface area (TPSA) is 3.88 Å². The number of pyridine rings is 1. The third-order valence-corrected chi connectivity index (χ3v) is 9.90. The van der Waals surface area contributed by atoms with Gasteiger partial charge in [-0.05, 0) is 43.7 Å². The van der Waals surface area contributed by atoms with Crippen LogP contribution in [0.3, 0.4) is 0 Å². The highest BCUT2D eigenvalue weighted by Crippen LogP contribution is 2.16. The van der Waals surface area contributed by atoms with Gasteiger partial charge in [0.1, 0.15) is 6.54 Å². The molecule has 0 fully saturated rings. The van der Waals surface area contributed by atoms with E-state index in [-0.39, 0.29) is 0 Å². The second-order valence-corrected chi connectivity index (χ2v) is 14.4. The number of hydrogen-bond acceptors (Lipinski definition) is 0. The van der Waals surface area contributed by atoms with Crippen LogP contribution in [0.4, 0.5) is 0 Å². The standard InChI is InChI=1S/C44H76N/c1-3-5-7-9-11-13-15-17-19-21-23-25-28-35-43-39-44(41-45(40-43)38-32-37-42-33-30-27-31-34-42)36-29-26-24-22-20-18-16-14-12-10-8-6-4-2/h27,30-31,33-34,39-41H,3-26,28-29,32,35-38H2,1-2H3/q+1. The molecule has 0 radical (unpaired) electrons. The van der Waals surface area contributed by atoms with Gasteiger partial charge >= 0.3 is 0 Å². The van der Waals surface area contributed by atoms with E-state index < -0.39 is 0 Å². The van der Waals surface area contributed by atoms with Crippen molar-refractivity contribution in [3.05, 3.63) is 65.5 Å². The van der Waals surface area contributed by atoms with Gasteiger partial charge in [-0.15, -0.1) is 0 Å². The van der Waals surface area contributed by atoms with Crippen LogP contribution >= 0.6 is 0 Å². The molecule has 0 aliphatic rings. The molecule has 1 aromatic carbocycles. The zero-order chi connectivity index (χ0) is 31.9. The van der Waals surface area contributed by atoms with Crippen molar-refractivity contribution in [3.8, 4) is 0 Å². The normalized spacial score (nSPS) is 11.4. The van der Waals surface area contributed by atoms with Gasteiger partial charge < -0.3 is 0 Å². The molecule has 256 valence electrons. The number of unbranched alkanes of at least 4 members (excludes halogenated alkanes) is 24. The third-order valence-electron chi connectivity index (χ3n) is 9.90. The summed E-state index contributed by atoms with van der Waals surface area (Å²) in [6, 6.07) is 13.6. The van der Waals surface area contributed by atoms with Crippen molar-refractivity contribution in [2.45, 2.75) is 213 Å². The summed E-state index contributed by atoms with van der Waals surface area (Å²) in [5.74, 6) is 0. The molecule has 1 aromatic heterocycles. The molecule has 0 saturated carbocycles. The highest BCUT2D eigenvalue weighted by atomic mass is 14.9. The van der Waals surface area contributed by atoms with Crippen molar-refractivity contribution in [1.82, 2.24) is 0 Å². The van der Waals surface area contributed by atoms with E-state index in [1.165, 1.54) is 198 Å². The molecule has 1 heteroatoms. The van der Waals surface area contributed by atoms with E-state index in [0.717, 1.165) is 6.54 Å². The second kappa shape index (κ2) is 29.8. The molecule has 0 N–H and O–H groups in total. The Bertz CT molecular complexity index is 839. The van der Waals surface area contributed by atoms with Crippen LogP contribution in [0.1, 0.15) is 204 Å². The van der Waals surface area contributed by atoms with E-state index in [1.54, 1.807) is 11.1 Å². The predicted octanol–water partition coefficient (Wildman–Crippen LogP) is 13.9. The first-order chi connectivity index (χ1) is 22.3. The fourth-order valence-corrected chi connectivity index (χ4v) is 6.98. The molecule has 0 aliphatic heterocycles. The molecule has 0 atom stereocenters. The Balaban J connectivity index is 1.64. The first kappa shape index (κ1) is 39.5. The number of rotatable bonds is 32. The molecular weight excluding hydrogens is 542 g/mol. The quantitative estimate of drug-likeness (QED) is 0.0567. The van der Waals surface area contributed by atoms with Gasteiger partial charge in [0.25, 0.3) is 0 Å². The largest absolute Gasteiger partial charge is 0.205 e. The average molecular weight is 619 g/mol. The number of benzene rings is 1. The van der Waals surface area contributed by atoms with Gasteiger partial charge in [0.05, 0.1) is 0 Å². The predicted molar refractivity (Wildman–Crippen MR) is 200 cm³/mol. The Morgan fingerprint density at radius 2 is 0.689 bits per heavy atom. The summed E-state index contributed by atoms with van der Waals surface area (Å²) in [5, 5.41) is 0. The minimum Gasteiger partial charge on any atom is -0.205 e. The molecule has 0 amide bonds. The van der Waals surface area contributed by atoms with Crippen LogP contribution in [0.2, 0.25) is 0 Å². The summed E-state index contributed by atoms with van der Waals surface area (Å²) >= 11 is 0. The molecule has 0 bridgehead atoms. The van der Waals surface area contributed by atoms with E-state index in [2.05, 4.69) is 67.2 Å². The zero-order valence-corrected chi connectivity index (χ0v) is 30.5. The molecule has 0 saturated heterocycles. The number of hydrogen-bond donors (Lipinski definition) is 0. The monoisotopic (exact) mass is 619 g/mol. The van der Waals surface area contributed by atoms with Gasteiger partial charge in [-0.3, -0.25) is 0 Å². The first-order valence-electron chi connectivity index (χ1n) is 20.4. The third kappa shape index (κ3) is 23.4. The molecule has 0 unspecified atom stereocenters. The van der Waals surface area contributed by atoms with Gasteiger partial charge in [-0.25, -0.2) is 4.57 Å². The zero-order valence-electron chi connectivity index (χ0n) is 30.5. The van der Waals surface area contributed by atoms with Crippen molar-refractivity contribution in [2.24, 2.45) is 0 Å². The van der Waals surface area contributed by atoms with Crippen molar-refractivity contribution in [3.63, 3.8) is 0 Å². The molecule has 0 aliphatic carbocycles. The smallest absolute Gasteiger partial charge is 0.171 e. The minimum absolute atomic E-state index is 1.13. The summed E-state index contributed by atoms with van der Waals surface area (Å²) in [6.07, 6.45) is 47.0. The summed E-state index contributed by atoms with van der Waals surface area (Å²) in [4.78, 5) is 0. The van der Waals surface area contributed by atoms with Crippen LogP contribution < -0.4 is 4.57 Å². The minimum atomic E-state index is 1.13. The molecule has 2 rings (SSSR count). The second-order valence-electron chi connectivity index (χ2n) is 14.4. The summed E-state index contributed by atoms with van der Waals surface area (Å²) in [5.41, 5.74) is 4.61. The van der Waals surface area contributed by atoms with Gasteiger partial charge in [0.2, 0.25) is 0 Å². The molecule has 1 heterocycles. The summed E-state index contributed by atoms with van der Waals surface area (Å²) in [6.45, 7) is 5.75. The fraction of sp³-hybridized carbons (Fsp3) is 0.750. The average Bonchev–Trinajstić information content (AvgIpc) is 3.06. The van der Waals surface area contributed by atoms with Crippen LogP contribution in [-0.2, 0) is 25.8 Å². The van der Waals surface area contributed by atoms with E-state index >= 15 is 0 Å². The van der Waals surface area contributed by atoms with E-state index in [0.29, 0.717) is 0 Å². The maximum atomic E-state index is 2.55. The molecule has 0 spiro atoms. The molecule has 1 nitrogen and oxygen atoms in total. The lowest BCUT2D eigenvalue weighted by atomic mass is 10.0. The number of nitrogens with zero attached hydrogens (tertiary/aromatic N) is 1. The van der Waals surface area contributed by atoms with Crippen LogP contribution in [0.15, 0.2) is 48.8 Å². The maximum Gasteiger partial charge on any atom is 0.171 e. The highest BCUT2D eigenvalue weighted by molar-refractivity contribution is 5.16. The Kier molecular flexibility index (Phi) is 26.1.